The minimum Gasteiger partial charge on any atom is -0.387 e. The summed E-state index contributed by atoms with van der Waals surface area (Å²) in [5, 5.41) is 9.34. The van der Waals surface area contributed by atoms with E-state index in [1.807, 2.05) is 13.8 Å². The normalized spacial score (nSPS) is 47.6. The van der Waals surface area contributed by atoms with Crippen LogP contribution in [0.2, 0.25) is 0 Å². The third-order valence-corrected chi connectivity index (χ3v) is 1.85. The van der Waals surface area contributed by atoms with E-state index in [2.05, 4.69) is 0 Å². The topological polar surface area (TPSA) is 29.5 Å². The Kier molecular flexibility index (Phi) is 1.29. The zero-order valence-electron chi connectivity index (χ0n) is 5.35. The zero-order valence-corrected chi connectivity index (χ0v) is 5.35. The molecule has 0 bridgehead atoms. The van der Waals surface area contributed by atoms with Crippen LogP contribution in [0.25, 0.3) is 0 Å². The van der Waals surface area contributed by atoms with Gasteiger partial charge in [0.15, 0.2) is 0 Å². The van der Waals surface area contributed by atoms with E-state index in [1.165, 1.54) is 0 Å². The fourth-order valence-electron chi connectivity index (χ4n) is 0.825. The molecule has 0 amide bonds. The highest BCUT2D eigenvalue weighted by Crippen LogP contribution is 2.23. The first-order chi connectivity index (χ1) is 3.63. The number of hydrogen-bond donors (Lipinski definition) is 1. The fraction of sp³-hybridized carbons (Fsp3) is 1.00. The molecule has 0 aromatic heterocycles. The van der Waals surface area contributed by atoms with Crippen molar-refractivity contribution in [2.45, 2.75) is 32.0 Å². The molecule has 0 aromatic carbocycles. The molecule has 2 atom stereocenters. The molecule has 48 valence electrons. The van der Waals surface area contributed by atoms with E-state index < -0.39 is 5.60 Å². The van der Waals surface area contributed by atoms with Crippen molar-refractivity contribution in [3.8, 4) is 0 Å². The lowest BCUT2D eigenvalue weighted by atomic mass is 10.0. The predicted octanol–water partition coefficient (Wildman–Crippen LogP) is 0.546. The Morgan fingerprint density at radius 2 is 2.38 bits per heavy atom. The Balaban J connectivity index is 2.54. The summed E-state index contributed by atoms with van der Waals surface area (Å²) in [6, 6.07) is 0. The molecule has 1 fully saturated rings. The fourth-order valence-corrected chi connectivity index (χ4v) is 0.825. The average molecular weight is 116 g/mol. The van der Waals surface area contributed by atoms with E-state index in [0.717, 1.165) is 6.42 Å². The summed E-state index contributed by atoms with van der Waals surface area (Å²) in [7, 11) is 0. The first-order valence-corrected chi connectivity index (χ1v) is 2.97. The third-order valence-electron chi connectivity index (χ3n) is 1.85. The van der Waals surface area contributed by atoms with Crippen LogP contribution in [-0.2, 0) is 4.74 Å². The average Bonchev–Trinajstić information content (AvgIpc) is 1.86. The second kappa shape index (κ2) is 1.71. The number of rotatable bonds is 0. The lowest BCUT2D eigenvalue weighted by Crippen LogP contribution is -2.31. The molecule has 2 nitrogen and oxygen atoms in total. The Morgan fingerprint density at radius 3 is 2.50 bits per heavy atom. The molecule has 0 radical (unpaired) electrons. The zero-order chi connectivity index (χ0) is 6.20. The Hall–Kier alpha value is -0.0800. The number of hydrogen-bond acceptors (Lipinski definition) is 2. The standard InChI is InChI=1S/C6H12O2/c1-5-6(2,7)3-4-8-5/h5,7H,3-4H2,1-2H3/t5-,6+/m0/s1. The summed E-state index contributed by atoms with van der Waals surface area (Å²) in [5.74, 6) is 0. The van der Waals surface area contributed by atoms with Crippen molar-refractivity contribution in [3.63, 3.8) is 0 Å². The molecule has 0 spiro atoms. The molecular formula is C6H12O2. The van der Waals surface area contributed by atoms with Gasteiger partial charge in [0.1, 0.15) is 0 Å². The van der Waals surface area contributed by atoms with Crippen LogP contribution < -0.4 is 0 Å². The van der Waals surface area contributed by atoms with Crippen LogP contribution in [-0.4, -0.2) is 23.4 Å². The first-order valence-electron chi connectivity index (χ1n) is 2.97. The van der Waals surface area contributed by atoms with E-state index in [1.54, 1.807) is 0 Å². The number of ether oxygens (including phenoxy) is 1. The van der Waals surface area contributed by atoms with Gasteiger partial charge >= 0.3 is 0 Å². The lowest BCUT2D eigenvalue weighted by molar-refractivity contribution is -0.0135. The summed E-state index contributed by atoms with van der Waals surface area (Å²) >= 11 is 0. The van der Waals surface area contributed by atoms with Gasteiger partial charge in [0, 0.05) is 13.0 Å². The van der Waals surface area contributed by atoms with Gasteiger partial charge in [-0.15, -0.1) is 0 Å². The van der Waals surface area contributed by atoms with Crippen LogP contribution >= 0.6 is 0 Å². The predicted molar refractivity (Wildman–Crippen MR) is 30.7 cm³/mol. The third kappa shape index (κ3) is 0.858. The van der Waals surface area contributed by atoms with Crippen molar-refractivity contribution in [2.24, 2.45) is 0 Å². The summed E-state index contributed by atoms with van der Waals surface area (Å²) in [5.41, 5.74) is -0.569. The minimum atomic E-state index is -0.569. The van der Waals surface area contributed by atoms with Crippen molar-refractivity contribution < 1.29 is 9.84 Å². The minimum absolute atomic E-state index is 0.0162. The molecular weight excluding hydrogens is 104 g/mol. The quantitative estimate of drug-likeness (QED) is 0.500. The molecule has 0 aliphatic carbocycles. The molecule has 1 saturated heterocycles. The summed E-state index contributed by atoms with van der Waals surface area (Å²) in [6.45, 7) is 4.41. The van der Waals surface area contributed by atoms with Crippen molar-refractivity contribution in [1.82, 2.24) is 0 Å². The molecule has 1 rings (SSSR count). The summed E-state index contributed by atoms with van der Waals surface area (Å²) in [4.78, 5) is 0. The maximum atomic E-state index is 9.34. The molecule has 0 aromatic rings. The van der Waals surface area contributed by atoms with Crippen LogP contribution in [0, 0.1) is 0 Å². The molecule has 1 heterocycles. The first kappa shape index (κ1) is 6.05. The van der Waals surface area contributed by atoms with Crippen LogP contribution in [0.15, 0.2) is 0 Å². The van der Waals surface area contributed by atoms with E-state index >= 15 is 0 Å². The monoisotopic (exact) mass is 116 g/mol. The Bertz CT molecular complexity index is 88.5. The molecule has 0 unspecified atom stereocenters. The van der Waals surface area contributed by atoms with E-state index in [0.29, 0.717) is 6.61 Å². The van der Waals surface area contributed by atoms with Gasteiger partial charge in [-0.3, -0.25) is 0 Å². The van der Waals surface area contributed by atoms with Gasteiger partial charge in [-0.2, -0.15) is 0 Å². The highest BCUT2D eigenvalue weighted by molar-refractivity contribution is 4.84. The lowest BCUT2D eigenvalue weighted by Gasteiger charge is -2.19. The molecule has 8 heavy (non-hydrogen) atoms. The SMILES string of the molecule is C[C@@H]1OCC[C@@]1(C)O. The van der Waals surface area contributed by atoms with Crippen LogP contribution in [0.3, 0.4) is 0 Å². The van der Waals surface area contributed by atoms with Gasteiger partial charge in [0.05, 0.1) is 11.7 Å². The van der Waals surface area contributed by atoms with Crippen molar-refractivity contribution in [3.05, 3.63) is 0 Å². The highest BCUT2D eigenvalue weighted by atomic mass is 16.5. The van der Waals surface area contributed by atoms with Crippen LogP contribution in [0.5, 0.6) is 0 Å². The smallest absolute Gasteiger partial charge is 0.0899 e. The van der Waals surface area contributed by atoms with Crippen LogP contribution in [0.4, 0.5) is 0 Å². The van der Waals surface area contributed by atoms with E-state index in [-0.39, 0.29) is 6.10 Å². The summed E-state index contributed by atoms with van der Waals surface area (Å²) in [6.07, 6.45) is 0.788. The van der Waals surface area contributed by atoms with Gasteiger partial charge in [-0.05, 0) is 13.8 Å². The van der Waals surface area contributed by atoms with Gasteiger partial charge in [0.2, 0.25) is 0 Å². The molecule has 1 aliphatic heterocycles. The van der Waals surface area contributed by atoms with E-state index in [4.69, 9.17) is 4.74 Å². The maximum Gasteiger partial charge on any atom is 0.0899 e. The van der Waals surface area contributed by atoms with Crippen molar-refractivity contribution >= 4 is 0 Å². The molecule has 1 N–H and O–H groups in total. The van der Waals surface area contributed by atoms with Gasteiger partial charge in [-0.25, -0.2) is 0 Å². The van der Waals surface area contributed by atoms with Gasteiger partial charge in [0.25, 0.3) is 0 Å². The molecule has 0 saturated carbocycles. The molecule has 1 aliphatic rings. The molecule has 2 heteroatoms. The van der Waals surface area contributed by atoms with Crippen LogP contribution in [0.1, 0.15) is 20.3 Å². The summed E-state index contributed by atoms with van der Waals surface area (Å²) < 4.78 is 5.12. The second-order valence-corrected chi connectivity index (χ2v) is 2.62. The van der Waals surface area contributed by atoms with Crippen molar-refractivity contribution in [1.29, 1.82) is 0 Å². The highest BCUT2D eigenvalue weighted by Gasteiger charge is 2.34. The maximum absolute atomic E-state index is 9.34. The van der Waals surface area contributed by atoms with Gasteiger partial charge < -0.3 is 9.84 Å². The van der Waals surface area contributed by atoms with Gasteiger partial charge in [-0.1, -0.05) is 0 Å². The number of aliphatic hydroxyl groups is 1. The largest absolute Gasteiger partial charge is 0.387 e. The van der Waals surface area contributed by atoms with Crippen molar-refractivity contribution in [2.75, 3.05) is 6.61 Å². The Labute approximate surface area is 49.5 Å². The van der Waals surface area contributed by atoms with E-state index in [9.17, 15) is 5.11 Å². The second-order valence-electron chi connectivity index (χ2n) is 2.62. The Morgan fingerprint density at radius 1 is 1.75 bits per heavy atom.